The molecular weight excluding hydrogens is 274 g/mol. The number of nitrogens with one attached hydrogen (secondary N) is 1. The molecule has 1 saturated heterocycles. The van der Waals surface area contributed by atoms with Crippen molar-refractivity contribution in [2.45, 2.75) is 12.5 Å². The molecule has 1 fully saturated rings. The molecule has 21 heavy (non-hydrogen) atoms. The monoisotopic (exact) mass is 293 g/mol. The third kappa shape index (κ3) is 4.51. The molecule has 1 aliphatic rings. The summed E-state index contributed by atoms with van der Waals surface area (Å²) in [5, 5.41) is 13.9. The van der Waals surface area contributed by atoms with Crippen LogP contribution in [0.2, 0.25) is 0 Å². The van der Waals surface area contributed by atoms with Gasteiger partial charge in [0.2, 0.25) is 5.91 Å². The van der Waals surface area contributed by atoms with Gasteiger partial charge in [-0.2, -0.15) is 0 Å². The van der Waals surface area contributed by atoms with Crippen molar-refractivity contribution in [2.24, 2.45) is 0 Å². The summed E-state index contributed by atoms with van der Waals surface area (Å²) in [6.45, 7) is 2.73. The van der Waals surface area contributed by atoms with Crippen molar-refractivity contribution in [3.63, 3.8) is 0 Å². The molecule has 0 saturated carbocycles. The summed E-state index contributed by atoms with van der Waals surface area (Å²) in [5.41, 5.74) is 0.645. The molecule has 0 aliphatic carbocycles. The molecule has 114 valence electrons. The van der Waals surface area contributed by atoms with E-state index < -0.39 is 4.92 Å². The molecule has 1 atom stereocenters. The lowest BCUT2D eigenvalue weighted by molar-refractivity contribution is -0.384. The number of ether oxygens (including phenoxy) is 1. The number of amides is 1. The van der Waals surface area contributed by atoms with Gasteiger partial charge >= 0.3 is 0 Å². The Morgan fingerprint density at radius 2 is 2.38 bits per heavy atom. The summed E-state index contributed by atoms with van der Waals surface area (Å²) in [7, 11) is 1.72. The molecule has 7 nitrogen and oxygen atoms in total. The summed E-state index contributed by atoms with van der Waals surface area (Å²) in [4.78, 5) is 24.0. The highest BCUT2D eigenvalue weighted by molar-refractivity contribution is 5.78. The Kier molecular flexibility index (Phi) is 5.24. The van der Waals surface area contributed by atoms with E-state index in [-0.39, 0.29) is 24.1 Å². The number of carbonyl (C=O) groups is 1. The number of likely N-dealkylation sites (N-methyl/N-ethyl adjacent to an activating group) is 1. The highest BCUT2D eigenvalue weighted by Crippen LogP contribution is 2.14. The smallest absolute Gasteiger partial charge is 0.269 e. The van der Waals surface area contributed by atoms with Crippen molar-refractivity contribution in [1.82, 2.24) is 10.2 Å². The van der Waals surface area contributed by atoms with Gasteiger partial charge in [-0.05, 0) is 5.56 Å². The zero-order chi connectivity index (χ0) is 15.2. The number of hydrogen-bond acceptors (Lipinski definition) is 5. The van der Waals surface area contributed by atoms with Gasteiger partial charge in [-0.3, -0.25) is 14.9 Å². The Morgan fingerprint density at radius 1 is 1.57 bits per heavy atom. The van der Waals surface area contributed by atoms with Gasteiger partial charge in [0.1, 0.15) is 0 Å². The number of carbonyl (C=O) groups excluding carboxylic acids is 1. The molecule has 0 spiro atoms. The lowest BCUT2D eigenvalue weighted by Gasteiger charge is -2.28. The molecule has 0 bridgehead atoms. The van der Waals surface area contributed by atoms with Crippen LogP contribution in [0, 0.1) is 10.1 Å². The van der Waals surface area contributed by atoms with Gasteiger partial charge in [-0.25, -0.2) is 0 Å². The second-order valence-electron chi connectivity index (χ2n) is 5.07. The third-order valence-electron chi connectivity index (χ3n) is 3.38. The molecule has 7 heteroatoms. The zero-order valence-corrected chi connectivity index (χ0v) is 11.9. The summed E-state index contributed by atoms with van der Waals surface area (Å²) in [6, 6.07) is 6.16. The van der Waals surface area contributed by atoms with Crippen LogP contribution in [0.25, 0.3) is 0 Å². The third-order valence-corrected chi connectivity index (χ3v) is 3.38. The number of rotatable bonds is 5. The molecule has 1 aliphatic heterocycles. The summed E-state index contributed by atoms with van der Waals surface area (Å²) in [6.07, 6.45) is 0.149. The summed E-state index contributed by atoms with van der Waals surface area (Å²) >= 11 is 0. The minimum atomic E-state index is -0.459. The number of morpholine rings is 1. The first-order valence-electron chi connectivity index (χ1n) is 6.86. The number of non-ortho nitro benzene ring substituents is 1. The van der Waals surface area contributed by atoms with Crippen LogP contribution in [-0.4, -0.2) is 55.1 Å². The number of benzene rings is 1. The van der Waals surface area contributed by atoms with Gasteiger partial charge in [0.05, 0.1) is 24.1 Å². The van der Waals surface area contributed by atoms with Gasteiger partial charge in [0, 0.05) is 38.8 Å². The minimum Gasteiger partial charge on any atom is -0.374 e. The van der Waals surface area contributed by atoms with E-state index in [4.69, 9.17) is 4.74 Å². The van der Waals surface area contributed by atoms with Gasteiger partial charge in [0.25, 0.3) is 5.69 Å². The van der Waals surface area contributed by atoms with E-state index in [0.717, 1.165) is 13.1 Å². The first kappa shape index (κ1) is 15.4. The first-order chi connectivity index (χ1) is 10.1. The molecule has 0 aromatic heterocycles. The van der Waals surface area contributed by atoms with Gasteiger partial charge in [-0.1, -0.05) is 12.1 Å². The fourth-order valence-electron chi connectivity index (χ4n) is 2.23. The standard InChI is InChI=1S/C14H19N3O4/c1-16(10-13-9-15-5-6-21-13)14(18)8-11-3-2-4-12(7-11)17(19)20/h2-4,7,13,15H,5-6,8-10H2,1H3. The zero-order valence-electron chi connectivity index (χ0n) is 11.9. The van der Waals surface area contributed by atoms with Crippen LogP contribution in [0.5, 0.6) is 0 Å². The van der Waals surface area contributed by atoms with Crippen LogP contribution in [-0.2, 0) is 16.0 Å². The normalized spacial score (nSPS) is 18.2. The predicted molar refractivity (Wildman–Crippen MR) is 77.0 cm³/mol. The number of nitro groups is 1. The average Bonchev–Trinajstić information content (AvgIpc) is 2.48. The second kappa shape index (κ2) is 7.14. The van der Waals surface area contributed by atoms with E-state index in [2.05, 4.69) is 5.32 Å². The topological polar surface area (TPSA) is 84.7 Å². The summed E-state index contributed by atoms with van der Waals surface area (Å²) < 4.78 is 5.55. The molecule has 0 radical (unpaired) electrons. The van der Waals surface area contributed by atoms with Crippen molar-refractivity contribution >= 4 is 11.6 Å². The molecule has 1 aromatic carbocycles. The van der Waals surface area contributed by atoms with Crippen LogP contribution < -0.4 is 5.32 Å². The van der Waals surface area contributed by atoms with E-state index in [1.807, 2.05) is 0 Å². The lowest BCUT2D eigenvalue weighted by Crippen LogP contribution is -2.46. The van der Waals surface area contributed by atoms with Crippen molar-refractivity contribution in [3.8, 4) is 0 Å². The van der Waals surface area contributed by atoms with E-state index in [1.54, 1.807) is 24.1 Å². The molecule has 1 heterocycles. The maximum absolute atomic E-state index is 12.1. The Bertz CT molecular complexity index is 515. The van der Waals surface area contributed by atoms with Crippen LogP contribution in [0.1, 0.15) is 5.56 Å². The Labute approximate surface area is 123 Å². The van der Waals surface area contributed by atoms with Crippen molar-refractivity contribution in [3.05, 3.63) is 39.9 Å². The van der Waals surface area contributed by atoms with Crippen LogP contribution >= 0.6 is 0 Å². The molecular formula is C14H19N3O4. The van der Waals surface area contributed by atoms with Crippen LogP contribution in [0.15, 0.2) is 24.3 Å². The van der Waals surface area contributed by atoms with Crippen molar-refractivity contribution in [2.75, 3.05) is 33.3 Å². The van der Waals surface area contributed by atoms with Crippen molar-refractivity contribution < 1.29 is 14.5 Å². The fourth-order valence-corrected chi connectivity index (χ4v) is 2.23. The Balaban J connectivity index is 1.90. The van der Waals surface area contributed by atoms with Crippen LogP contribution in [0.4, 0.5) is 5.69 Å². The fraction of sp³-hybridized carbons (Fsp3) is 0.500. The second-order valence-corrected chi connectivity index (χ2v) is 5.07. The largest absolute Gasteiger partial charge is 0.374 e. The Hall–Kier alpha value is -1.99. The maximum atomic E-state index is 12.1. The van der Waals surface area contributed by atoms with E-state index in [0.29, 0.717) is 18.7 Å². The highest BCUT2D eigenvalue weighted by atomic mass is 16.6. The molecule has 1 amide bonds. The van der Waals surface area contributed by atoms with Gasteiger partial charge in [0.15, 0.2) is 0 Å². The maximum Gasteiger partial charge on any atom is 0.269 e. The summed E-state index contributed by atoms with van der Waals surface area (Å²) in [5.74, 6) is -0.0790. The molecule has 1 unspecified atom stereocenters. The minimum absolute atomic E-state index is 0.00203. The number of nitrogens with zero attached hydrogens (tertiary/aromatic N) is 2. The van der Waals surface area contributed by atoms with E-state index in [9.17, 15) is 14.9 Å². The molecule has 2 rings (SSSR count). The molecule has 1 aromatic rings. The van der Waals surface area contributed by atoms with E-state index in [1.165, 1.54) is 12.1 Å². The number of hydrogen-bond donors (Lipinski definition) is 1. The predicted octanol–water partition coefficient (Wildman–Crippen LogP) is 0.584. The lowest BCUT2D eigenvalue weighted by atomic mass is 10.1. The van der Waals surface area contributed by atoms with Gasteiger partial charge < -0.3 is 15.0 Å². The SMILES string of the molecule is CN(CC1CNCCO1)C(=O)Cc1cccc([N+](=O)[O-])c1. The first-order valence-corrected chi connectivity index (χ1v) is 6.86. The van der Waals surface area contributed by atoms with Gasteiger partial charge in [-0.15, -0.1) is 0 Å². The molecule has 1 N–H and O–H groups in total. The van der Waals surface area contributed by atoms with Crippen LogP contribution in [0.3, 0.4) is 0 Å². The Morgan fingerprint density at radius 3 is 3.05 bits per heavy atom. The van der Waals surface area contributed by atoms with E-state index >= 15 is 0 Å². The van der Waals surface area contributed by atoms with Crippen molar-refractivity contribution in [1.29, 1.82) is 0 Å². The quantitative estimate of drug-likeness (QED) is 0.634. The average molecular weight is 293 g/mol. The number of nitro benzene ring substituents is 1. The highest BCUT2D eigenvalue weighted by Gasteiger charge is 2.19.